The van der Waals surface area contributed by atoms with E-state index in [4.69, 9.17) is 0 Å². The molecule has 6 rings (SSSR count). The summed E-state index contributed by atoms with van der Waals surface area (Å²) in [5.74, 6) is -1.78. The largest absolute Gasteiger partial charge is 0.358 e. The molecule has 0 atom stereocenters. The molecule has 0 spiro atoms. The highest BCUT2D eigenvalue weighted by Gasteiger charge is 2.34. The molecule has 4 aromatic rings. The van der Waals surface area contributed by atoms with Gasteiger partial charge in [0.2, 0.25) is 0 Å². The van der Waals surface area contributed by atoms with Gasteiger partial charge in [-0.3, -0.25) is 29.8 Å². The third-order valence-electron chi connectivity index (χ3n) is 6.67. The Bertz CT molecular complexity index is 1630. The van der Waals surface area contributed by atoms with E-state index in [-0.39, 0.29) is 8.96 Å². The number of imide groups is 2. The van der Waals surface area contributed by atoms with Crippen LogP contribution in [-0.4, -0.2) is 33.6 Å². The van der Waals surface area contributed by atoms with Crippen LogP contribution >= 0.6 is 31.9 Å². The molecule has 2 aliphatic heterocycles. The van der Waals surface area contributed by atoms with Crippen LogP contribution in [-0.2, 0) is 32.0 Å². The summed E-state index contributed by atoms with van der Waals surface area (Å²) in [6, 6.07) is 15.3. The predicted molar refractivity (Wildman–Crippen MR) is 147 cm³/mol. The number of halogens is 2. The summed E-state index contributed by atoms with van der Waals surface area (Å²) in [6.45, 7) is 0. The van der Waals surface area contributed by atoms with Crippen molar-refractivity contribution in [3.63, 3.8) is 0 Å². The molecular formula is C27H18Br2N4O4. The molecule has 4 heterocycles. The van der Waals surface area contributed by atoms with Crippen molar-refractivity contribution in [3.8, 4) is 0 Å². The lowest BCUT2D eigenvalue weighted by Crippen LogP contribution is -2.22. The first-order valence-corrected chi connectivity index (χ1v) is 13.1. The summed E-state index contributed by atoms with van der Waals surface area (Å²) in [6.07, 6.45) is 1.82. The number of nitrogens with one attached hydrogen (secondary N) is 4. The monoisotopic (exact) mass is 620 g/mol. The maximum absolute atomic E-state index is 12.7. The van der Waals surface area contributed by atoms with Crippen LogP contribution in [0.25, 0.3) is 33.0 Å². The number of benzene rings is 2. The second kappa shape index (κ2) is 8.97. The van der Waals surface area contributed by atoms with Crippen LogP contribution in [0.5, 0.6) is 0 Å². The first kappa shape index (κ1) is 23.6. The van der Waals surface area contributed by atoms with Crippen LogP contribution in [0.3, 0.4) is 0 Å². The van der Waals surface area contributed by atoms with E-state index >= 15 is 0 Å². The van der Waals surface area contributed by atoms with E-state index in [0.29, 0.717) is 41.5 Å². The van der Waals surface area contributed by atoms with Gasteiger partial charge in [-0.2, -0.15) is 0 Å². The van der Waals surface area contributed by atoms with Gasteiger partial charge in [-0.25, -0.2) is 0 Å². The standard InChI is InChI=1S/C27H18Br2N4O4/c28-22-20(24(34)32-26(22)36)18-12-6-1-3-8-14(12)30-16(18)10-5-11-17-19(13-7-2-4-9-15(13)31-17)21-23(29)27(37)33-25(21)35/h1-4,6-9,30-31H,5,10-11H2,(H,32,34,36)(H,33,35,37). The van der Waals surface area contributed by atoms with E-state index in [1.807, 2.05) is 48.5 Å². The van der Waals surface area contributed by atoms with Crippen LogP contribution in [0, 0.1) is 0 Å². The molecule has 0 unspecified atom stereocenters. The summed E-state index contributed by atoms with van der Waals surface area (Å²) >= 11 is 6.59. The first-order valence-electron chi connectivity index (χ1n) is 11.6. The van der Waals surface area contributed by atoms with Crippen LogP contribution in [0.4, 0.5) is 0 Å². The number of carbonyl (C=O) groups is 4. The number of aromatic nitrogens is 2. The normalized spacial score (nSPS) is 16.1. The van der Waals surface area contributed by atoms with Crippen LogP contribution < -0.4 is 10.6 Å². The zero-order valence-electron chi connectivity index (χ0n) is 19.1. The fraction of sp³-hybridized carbons (Fsp3) is 0.111. The summed E-state index contributed by atoms with van der Waals surface area (Å²) in [5, 5.41) is 6.42. The SMILES string of the molecule is O=C1NC(=O)C(c2c(CCCc3[nH]c4ccccc4c3C3=C(Br)C(=O)NC3=O)[nH]c3ccccc23)=C1Br. The third-order valence-corrected chi connectivity index (χ3v) is 8.18. The van der Waals surface area contributed by atoms with Gasteiger partial charge in [0, 0.05) is 44.3 Å². The van der Waals surface area contributed by atoms with Gasteiger partial charge < -0.3 is 9.97 Å². The van der Waals surface area contributed by atoms with Crippen molar-refractivity contribution >= 4 is 88.4 Å². The van der Waals surface area contributed by atoms with Gasteiger partial charge in [-0.1, -0.05) is 36.4 Å². The molecule has 2 aromatic carbocycles. The fourth-order valence-corrected chi connectivity index (χ4v) is 6.05. The van der Waals surface area contributed by atoms with Gasteiger partial charge in [-0.05, 0) is 63.3 Å². The maximum Gasteiger partial charge on any atom is 0.265 e. The van der Waals surface area contributed by atoms with Gasteiger partial charge in [0.15, 0.2) is 0 Å². The quantitative estimate of drug-likeness (QED) is 0.239. The van der Waals surface area contributed by atoms with Crippen LogP contribution in [0.2, 0.25) is 0 Å². The molecule has 37 heavy (non-hydrogen) atoms. The van der Waals surface area contributed by atoms with Crippen LogP contribution in [0.1, 0.15) is 28.9 Å². The van der Waals surface area contributed by atoms with Gasteiger partial charge in [0.25, 0.3) is 23.6 Å². The molecule has 4 amide bonds. The lowest BCUT2D eigenvalue weighted by molar-refractivity contribution is -0.124. The van der Waals surface area contributed by atoms with Crippen molar-refractivity contribution in [2.45, 2.75) is 19.3 Å². The van der Waals surface area contributed by atoms with Crippen molar-refractivity contribution in [2.24, 2.45) is 0 Å². The number of aromatic amines is 2. The van der Waals surface area contributed by atoms with E-state index < -0.39 is 23.6 Å². The smallest absolute Gasteiger partial charge is 0.265 e. The zero-order chi connectivity index (χ0) is 25.8. The third kappa shape index (κ3) is 3.79. The Hall–Kier alpha value is -3.76. The average Bonchev–Trinajstić information content (AvgIpc) is 3.56. The molecule has 8 nitrogen and oxygen atoms in total. The number of amides is 4. The second-order valence-corrected chi connectivity index (χ2v) is 10.4. The summed E-state index contributed by atoms with van der Waals surface area (Å²) in [5.41, 5.74) is 5.46. The Morgan fingerprint density at radius 1 is 0.568 bits per heavy atom. The Labute approximate surface area is 226 Å². The Kier molecular flexibility index (Phi) is 5.73. The van der Waals surface area contributed by atoms with E-state index in [1.165, 1.54) is 0 Å². The van der Waals surface area contributed by atoms with Gasteiger partial charge in [0.05, 0.1) is 20.1 Å². The lowest BCUT2D eigenvalue weighted by atomic mass is 9.97. The molecule has 0 saturated heterocycles. The highest BCUT2D eigenvalue weighted by atomic mass is 79.9. The molecule has 10 heteroatoms. The molecule has 0 fully saturated rings. The minimum atomic E-state index is -0.456. The molecule has 4 N–H and O–H groups in total. The van der Waals surface area contributed by atoms with Gasteiger partial charge >= 0.3 is 0 Å². The number of H-pyrrole nitrogens is 2. The van der Waals surface area contributed by atoms with E-state index in [2.05, 4.69) is 52.5 Å². The van der Waals surface area contributed by atoms with E-state index in [1.54, 1.807) is 0 Å². The summed E-state index contributed by atoms with van der Waals surface area (Å²) in [4.78, 5) is 56.4. The van der Waals surface area contributed by atoms with E-state index in [0.717, 1.165) is 33.2 Å². The van der Waals surface area contributed by atoms with E-state index in [9.17, 15) is 19.2 Å². The van der Waals surface area contributed by atoms with Crippen molar-refractivity contribution in [1.82, 2.24) is 20.6 Å². The highest BCUT2D eigenvalue weighted by Crippen LogP contribution is 2.38. The molecule has 2 aliphatic rings. The van der Waals surface area contributed by atoms with Crippen molar-refractivity contribution in [3.05, 3.63) is 80.0 Å². The van der Waals surface area contributed by atoms with Crippen molar-refractivity contribution in [2.75, 3.05) is 0 Å². The molecule has 184 valence electrons. The molecule has 0 saturated carbocycles. The molecule has 0 bridgehead atoms. The van der Waals surface area contributed by atoms with Gasteiger partial charge in [-0.15, -0.1) is 0 Å². The summed E-state index contributed by atoms with van der Waals surface area (Å²) < 4.78 is 0.435. The number of hydrogen-bond donors (Lipinski definition) is 4. The summed E-state index contributed by atoms with van der Waals surface area (Å²) in [7, 11) is 0. The number of carbonyl (C=O) groups excluding carboxylic acids is 4. The minimum absolute atomic E-state index is 0.218. The zero-order valence-corrected chi connectivity index (χ0v) is 22.3. The number of para-hydroxylation sites is 2. The van der Waals surface area contributed by atoms with Gasteiger partial charge in [0.1, 0.15) is 0 Å². The predicted octanol–water partition coefficient (Wildman–Crippen LogP) is 4.35. The number of rotatable bonds is 6. The molecule has 0 radical (unpaired) electrons. The molecular weight excluding hydrogens is 604 g/mol. The Morgan fingerprint density at radius 2 is 0.973 bits per heavy atom. The minimum Gasteiger partial charge on any atom is -0.358 e. The molecule has 0 aliphatic carbocycles. The number of fused-ring (bicyclic) bond motifs is 2. The van der Waals surface area contributed by atoms with Crippen LogP contribution in [0.15, 0.2) is 57.5 Å². The second-order valence-electron chi connectivity index (χ2n) is 8.85. The Balaban J connectivity index is 1.38. The maximum atomic E-state index is 12.7. The van der Waals surface area contributed by atoms with Crippen molar-refractivity contribution < 1.29 is 19.2 Å². The lowest BCUT2D eigenvalue weighted by Gasteiger charge is -2.08. The average molecular weight is 622 g/mol. The first-order chi connectivity index (χ1) is 17.8. The number of hydrogen-bond acceptors (Lipinski definition) is 4. The van der Waals surface area contributed by atoms with Crippen molar-refractivity contribution in [1.29, 1.82) is 0 Å². The number of aryl methyl sites for hydroxylation is 2. The topological polar surface area (TPSA) is 124 Å². The highest BCUT2D eigenvalue weighted by molar-refractivity contribution is 9.12. The Morgan fingerprint density at radius 3 is 1.35 bits per heavy atom. The fourth-order valence-electron chi connectivity index (χ4n) is 5.10. The molecule has 2 aromatic heterocycles.